The van der Waals surface area contributed by atoms with Gasteiger partial charge in [0.25, 0.3) is 0 Å². The molecule has 0 amide bonds. The molecule has 2 aromatic rings. The topological polar surface area (TPSA) is 58.6 Å². The molecule has 0 radical (unpaired) electrons. The van der Waals surface area contributed by atoms with Crippen LogP contribution in [-0.2, 0) is 6.54 Å². The molecule has 0 saturated heterocycles. The van der Waals surface area contributed by atoms with Crippen LogP contribution >= 0.6 is 11.3 Å². The molecule has 0 bridgehead atoms. The first kappa shape index (κ1) is 13.1. The molecule has 1 aromatic heterocycles. The number of carbonyl (C=O) groups is 1. The summed E-state index contributed by atoms with van der Waals surface area (Å²) >= 11 is 1.47. The number of thiophene rings is 1. The molecule has 1 aliphatic heterocycles. The van der Waals surface area contributed by atoms with E-state index in [2.05, 4.69) is 11.4 Å². The second-order valence-electron chi connectivity index (χ2n) is 4.72. The van der Waals surface area contributed by atoms with Crippen LogP contribution in [0.15, 0.2) is 35.7 Å². The Morgan fingerprint density at radius 1 is 1.45 bits per heavy atom. The minimum absolute atomic E-state index is 0.260. The molecule has 1 aromatic carbocycles. The first-order chi connectivity index (χ1) is 9.74. The number of hydrogen-bond donors (Lipinski definition) is 2. The number of benzene rings is 1. The van der Waals surface area contributed by atoms with Crippen molar-refractivity contribution in [3.05, 3.63) is 51.7 Å². The fraction of sp³-hybridized carbons (Fsp3) is 0.267. The van der Waals surface area contributed by atoms with Crippen LogP contribution in [0.3, 0.4) is 0 Å². The molecule has 104 valence electrons. The van der Waals surface area contributed by atoms with E-state index in [1.165, 1.54) is 16.9 Å². The monoisotopic (exact) mass is 289 g/mol. The standard InChI is InChI=1S/C15H15NO3S/c17-15(18)10-7-11(20-9-10)8-16-13-5-6-19-14-4-2-1-3-12(13)14/h1-4,7,9,13,16H,5-6,8H2,(H,17,18). The summed E-state index contributed by atoms with van der Waals surface area (Å²) in [5.74, 6) is 0.0672. The molecule has 1 aliphatic rings. The van der Waals surface area contributed by atoms with Crippen molar-refractivity contribution in [1.29, 1.82) is 0 Å². The van der Waals surface area contributed by atoms with Crippen molar-refractivity contribution in [2.24, 2.45) is 0 Å². The second-order valence-corrected chi connectivity index (χ2v) is 5.71. The van der Waals surface area contributed by atoms with Crippen molar-refractivity contribution >= 4 is 17.3 Å². The Morgan fingerprint density at radius 3 is 3.10 bits per heavy atom. The quantitative estimate of drug-likeness (QED) is 0.908. The highest BCUT2D eigenvalue weighted by Crippen LogP contribution is 2.31. The lowest BCUT2D eigenvalue weighted by molar-refractivity contribution is 0.0697. The normalized spacial score (nSPS) is 17.3. The first-order valence-electron chi connectivity index (χ1n) is 6.50. The number of para-hydroxylation sites is 1. The van der Waals surface area contributed by atoms with Crippen LogP contribution in [0.1, 0.15) is 33.3 Å². The number of rotatable bonds is 4. The summed E-state index contributed by atoms with van der Waals surface area (Å²) < 4.78 is 5.63. The predicted molar refractivity (Wildman–Crippen MR) is 77.4 cm³/mol. The van der Waals surface area contributed by atoms with Gasteiger partial charge in [0, 0.05) is 34.8 Å². The maximum absolute atomic E-state index is 10.9. The van der Waals surface area contributed by atoms with Gasteiger partial charge in [0.2, 0.25) is 0 Å². The van der Waals surface area contributed by atoms with Gasteiger partial charge in [-0.15, -0.1) is 11.3 Å². The summed E-state index contributed by atoms with van der Waals surface area (Å²) in [5.41, 5.74) is 1.54. The van der Waals surface area contributed by atoms with E-state index in [-0.39, 0.29) is 6.04 Å². The van der Waals surface area contributed by atoms with Crippen molar-refractivity contribution in [2.75, 3.05) is 6.61 Å². The summed E-state index contributed by atoms with van der Waals surface area (Å²) in [6.45, 7) is 1.39. The highest BCUT2D eigenvalue weighted by atomic mass is 32.1. The van der Waals surface area contributed by atoms with Gasteiger partial charge in [0.1, 0.15) is 5.75 Å². The molecule has 20 heavy (non-hydrogen) atoms. The maximum atomic E-state index is 10.9. The van der Waals surface area contributed by atoms with Gasteiger partial charge < -0.3 is 15.2 Å². The van der Waals surface area contributed by atoms with Gasteiger partial charge in [-0.3, -0.25) is 0 Å². The molecular formula is C15H15NO3S. The van der Waals surface area contributed by atoms with Crippen LogP contribution in [0.4, 0.5) is 0 Å². The average Bonchev–Trinajstić information content (AvgIpc) is 2.94. The molecule has 1 unspecified atom stereocenters. The van der Waals surface area contributed by atoms with E-state index in [0.29, 0.717) is 18.7 Å². The SMILES string of the molecule is O=C(O)c1csc(CNC2CCOc3ccccc32)c1. The Kier molecular flexibility index (Phi) is 3.71. The van der Waals surface area contributed by atoms with E-state index < -0.39 is 5.97 Å². The summed E-state index contributed by atoms with van der Waals surface area (Å²) in [4.78, 5) is 11.9. The molecule has 0 aliphatic carbocycles. The summed E-state index contributed by atoms with van der Waals surface area (Å²) in [7, 11) is 0. The Morgan fingerprint density at radius 2 is 2.30 bits per heavy atom. The minimum Gasteiger partial charge on any atom is -0.493 e. The zero-order chi connectivity index (χ0) is 13.9. The van der Waals surface area contributed by atoms with Crippen LogP contribution in [0.25, 0.3) is 0 Å². The van der Waals surface area contributed by atoms with E-state index in [1.807, 2.05) is 18.2 Å². The third kappa shape index (κ3) is 2.69. The number of ether oxygens (including phenoxy) is 1. The molecule has 1 atom stereocenters. The van der Waals surface area contributed by atoms with Gasteiger partial charge in [0.15, 0.2) is 0 Å². The van der Waals surface area contributed by atoms with Gasteiger partial charge in [0.05, 0.1) is 12.2 Å². The number of nitrogens with one attached hydrogen (secondary N) is 1. The molecule has 0 fully saturated rings. The molecule has 3 rings (SSSR count). The van der Waals surface area contributed by atoms with E-state index >= 15 is 0 Å². The van der Waals surface area contributed by atoms with Gasteiger partial charge >= 0.3 is 5.97 Å². The van der Waals surface area contributed by atoms with Crippen LogP contribution in [0.5, 0.6) is 5.75 Å². The summed E-state index contributed by atoms with van der Waals surface area (Å²) in [5, 5.41) is 14.1. The van der Waals surface area contributed by atoms with Crippen LogP contribution in [-0.4, -0.2) is 17.7 Å². The lowest BCUT2D eigenvalue weighted by Gasteiger charge is -2.26. The number of hydrogen-bond acceptors (Lipinski definition) is 4. The van der Waals surface area contributed by atoms with Crippen LogP contribution < -0.4 is 10.1 Å². The van der Waals surface area contributed by atoms with Crippen molar-refractivity contribution < 1.29 is 14.6 Å². The first-order valence-corrected chi connectivity index (χ1v) is 7.38. The number of fused-ring (bicyclic) bond motifs is 1. The number of aromatic carboxylic acids is 1. The number of carboxylic acid groups (broad SMARTS) is 1. The summed E-state index contributed by atoms with van der Waals surface area (Å²) in [6.07, 6.45) is 0.925. The zero-order valence-electron chi connectivity index (χ0n) is 10.8. The van der Waals surface area contributed by atoms with Gasteiger partial charge in [-0.2, -0.15) is 0 Å². The Hall–Kier alpha value is -1.85. The highest BCUT2D eigenvalue weighted by molar-refractivity contribution is 7.10. The molecule has 0 spiro atoms. The Balaban J connectivity index is 1.68. The molecule has 4 nitrogen and oxygen atoms in total. The van der Waals surface area contributed by atoms with E-state index in [9.17, 15) is 4.79 Å². The Labute approximate surface area is 121 Å². The highest BCUT2D eigenvalue weighted by Gasteiger charge is 2.20. The van der Waals surface area contributed by atoms with Crippen molar-refractivity contribution in [3.63, 3.8) is 0 Å². The fourth-order valence-electron chi connectivity index (χ4n) is 2.36. The summed E-state index contributed by atoms with van der Waals surface area (Å²) in [6, 6.07) is 10.0. The molecule has 2 N–H and O–H groups in total. The smallest absolute Gasteiger partial charge is 0.336 e. The molecule has 2 heterocycles. The largest absolute Gasteiger partial charge is 0.493 e. The second kappa shape index (κ2) is 5.64. The van der Waals surface area contributed by atoms with Crippen LogP contribution in [0.2, 0.25) is 0 Å². The minimum atomic E-state index is -0.871. The van der Waals surface area contributed by atoms with E-state index in [4.69, 9.17) is 9.84 Å². The maximum Gasteiger partial charge on any atom is 0.336 e. The predicted octanol–water partition coefficient (Wildman–Crippen LogP) is 3.06. The third-order valence-electron chi connectivity index (χ3n) is 3.38. The zero-order valence-corrected chi connectivity index (χ0v) is 11.7. The van der Waals surface area contributed by atoms with E-state index in [1.54, 1.807) is 11.4 Å². The van der Waals surface area contributed by atoms with E-state index in [0.717, 1.165) is 17.0 Å². The van der Waals surface area contributed by atoms with Gasteiger partial charge in [-0.25, -0.2) is 4.79 Å². The lowest BCUT2D eigenvalue weighted by Crippen LogP contribution is -2.26. The van der Waals surface area contributed by atoms with Crippen molar-refractivity contribution in [1.82, 2.24) is 5.32 Å². The number of carboxylic acids is 1. The fourth-order valence-corrected chi connectivity index (χ4v) is 3.17. The van der Waals surface area contributed by atoms with Crippen LogP contribution in [0, 0.1) is 0 Å². The van der Waals surface area contributed by atoms with Gasteiger partial charge in [-0.1, -0.05) is 18.2 Å². The molecular weight excluding hydrogens is 274 g/mol. The van der Waals surface area contributed by atoms with Crippen molar-refractivity contribution in [3.8, 4) is 5.75 Å². The van der Waals surface area contributed by atoms with Gasteiger partial charge in [-0.05, 0) is 12.1 Å². The molecule has 5 heteroatoms. The lowest BCUT2D eigenvalue weighted by atomic mass is 10.0. The van der Waals surface area contributed by atoms with Crippen molar-refractivity contribution in [2.45, 2.75) is 19.0 Å². The molecule has 0 saturated carbocycles. The third-order valence-corrected chi connectivity index (χ3v) is 4.32. The Bertz CT molecular complexity index is 623. The average molecular weight is 289 g/mol.